The highest BCUT2D eigenvalue weighted by Gasteiger charge is 2.44. The van der Waals surface area contributed by atoms with Crippen LogP contribution in [0.15, 0.2) is 24.3 Å². The molecule has 1 amide bonds. The van der Waals surface area contributed by atoms with E-state index in [9.17, 15) is 4.79 Å². The first-order chi connectivity index (χ1) is 10.1. The number of methoxy groups -OCH3 is 1. The zero-order valence-electron chi connectivity index (χ0n) is 13.0. The molecule has 1 saturated carbocycles. The van der Waals surface area contributed by atoms with Gasteiger partial charge in [-0.3, -0.25) is 10.1 Å². The molecule has 21 heavy (non-hydrogen) atoms. The van der Waals surface area contributed by atoms with Crippen molar-refractivity contribution in [1.29, 1.82) is 0 Å². The molecule has 1 saturated heterocycles. The van der Waals surface area contributed by atoms with Crippen molar-refractivity contribution in [3.8, 4) is 5.75 Å². The van der Waals surface area contributed by atoms with Crippen LogP contribution in [0, 0.1) is 5.92 Å². The average molecular weight is 288 g/mol. The lowest BCUT2D eigenvalue weighted by Gasteiger charge is -2.33. The fourth-order valence-corrected chi connectivity index (χ4v) is 3.77. The molecule has 4 nitrogen and oxygen atoms in total. The fourth-order valence-electron chi connectivity index (χ4n) is 3.77. The number of benzene rings is 1. The van der Waals surface area contributed by atoms with Crippen LogP contribution in [-0.2, 0) is 4.79 Å². The second-order valence-electron chi connectivity index (χ2n) is 6.25. The SMILES string of the molecule is COc1ccccc1C1NC(C)C(=O)N1C1CCCC1C. The molecule has 4 atom stereocenters. The molecule has 1 aliphatic heterocycles. The maximum Gasteiger partial charge on any atom is 0.241 e. The molecule has 1 aliphatic carbocycles. The van der Waals surface area contributed by atoms with E-state index in [2.05, 4.69) is 23.2 Å². The first-order valence-corrected chi connectivity index (χ1v) is 7.84. The first kappa shape index (κ1) is 14.4. The molecule has 1 aromatic carbocycles. The molecule has 0 aromatic heterocycles. The van der Waals surface area contributed by atoms with E-state index in [0.29, 0.717) is 12.0 Å². The number of nitrogens with zero attached hydrogens (tertiary/aromatic N) is 1. The lowest BCUT2D eigenvalue weighted by Crippen LogP contribution is -2.41. The molecule has 0 radical (unpaired) electrons. The molecule has 0 spiro atoms. The van der Waals surface area contributed by atoms with Crippen molar-refractivity contribution in [1.82, 2.24) is 10.2 Å². The van der Waals surface area contributed by atoms with E-state index in [1.165, 1.54) is 12.8 Å². The zero-order valence-corrected chi connectivity index (χ0v) is 13.0. The summed E-state index contributed by atoms with van der Waals surface area (Å²) in [5.41, 5.74) is 1.05. The predicted octanol–water partition coefficient (Wildman–Crippen LogP) is 2.70. The smallest absolute Gasteiger partial charge is 0.241 e. The van der Waals surface area contributed by atoms with Crippen LogP contribution in [0.5, 0.6) is 5.75 Å². The van der Waals surface area contributed by atoms with Crippen LogP contribution in [-0.4, -0.2) is 30.0 Å². The normalized spacial score (nSPS) is 32.7. The maximum absolute atomic E-state index is 12.6. The predicted molar refractivity (Wildman–Crippen MR) is 82.0 cm³/mol. The van der Waals surface area contributed by atoms with Crippen molar-refractivity contribution in [3.05, 3.63) is 29.8 Å². The second kappa shape index (κ2) is 5.68. The first-order valence-electron chi connectivity index (χ1n) is 7.84. The molecule has 4 unspecified atom stereocenters. The molecule has 2 fully saturated rings. The van der Waals surface area contributed by atoms with Crippen LogP contribution in [0.3, 0.4) is 0 Å². The van der Waals surface area contributed by atoms with E-state index in [4.69, 9.17) is 4.74 Å². The third-order valence-electron chi connectivity index (χ3n) is 4.92. The molecular formula is C17H24N2O2. The van der Waals surface area contributed by atoms with Gasteiger partial charge in [0.2, 0.25) is 5.91 Å². The standard InChI is InChI=1S/C17H24N2O2/c1-11-7-6-9-14(11)19-16(18-12(2)17(19)20)13-8-4-5-10-15(13)21-3/h4-5,8,10-12,14,16,18H,6-7,9H2,1-3H3. The second-order valence-corrected chi connectivity index (χ2v) is 6.25. The van der Waals surface area contributed by atoms with Crippen LogP contribution < -0.4 is 10.1 Å². The summed E-state index contributed by atoms with van der Waals surface area (Å²) in [6.45, 7) is 4.21. The number of nitrogens with one attached hydrogen (secondary N) is 1. The maximum atomic E-state index is 12.6. The van der Waals surface area contributed by atoms with Gasteiger partial charge in [0.1, 0.15) is 11.9 Å². The van der Waals surface area contributed by atoms with Gasteiger partial charge in [-0.25, -0.2) is 0 Å². The van der Waals surface area contributed by atoms with Gasteiger partial charge in [-0.15, -0.1) is 0 Å². The van der Waals surface area contributed by atoms with Gasteiger partial charge in [-0.05, 0) is 31.7 Å². The fraction of sp³-hybridized carbons (Fsp3) is 0.588. The summed E-state index contributed by atoms with van der Waals surface area (Å²) in [5, 5.41) is 3.44. The van der Waals surface area contributed by atoms with Gasteiger partial charge < -0.3 is 9.64 Å². The van der Waals surface area contributed by atoms with E-state index < -0.39 is 0 Å². The molecular weight excluding hydrogens is 264 g/mol. The van der Waals surface area contributed by atoms with Gasteiger partial charge in [0.25, 0.3) is 0 Å². The Balaban J connectivity index is 1.97. The highest BCUT2D eigenvalue weighted by atomic mass is 16.5. The Morgan fingerprint density at radius 1 is 1.24 bits per heavy atom. The summed E-state index contributed by atoms with van der Waals surface area (Å²) in [5.74, 6) is 1.62. The van der Waals surface area contributed by atoms with Crippen LogP contribution >= 0.6 is 0 Å². The number of para-hydroxylation sites is 1. The van der Waals surface area contributed by atoms with Crippen molar-refractivity contribution in [2.24, 2.45) is 5.92 Å². The Labute approximate surface area is 126 Å². The lowest BCUT2D eigenvalue weighted by atomic mass is 10.0. The molecule has 3 rings (SSSR count). The van der Waals surface area contributed by atoms with E-state index in [-0.39, 0.29) is 18.1 Å². The topological polar surface area (TPSA) is 41.6 Å². The highest BCUT2D eigenvalue weighted by Crippen LogP contribution is 2.39. The summed E-state index contributed by atoms with van der Waals surface area (Å²) < 4.78 is 5.49. The summed E-state index contributed by atoms with van der Waals surface area (Å²) in [6.07, 6.45) is 3.45. The number of carbonyl (C=O) groups is 1. The van der Waals surface area contributed by atoms with E-state index >= 15 is 0 Å². The number of hydrogen-bond acceptors (Lipinski definition) is 3. The quantitative estimate of drug-likeness (QED) is 0.930. The summed E-state index contributed by atoms with van der Waals surface area (Å²) >= 11 is 0. The van der Waals surface area contributed by atoms with Crippen LogP contribution in [0.1, 0.15) is 44.8 Å². The highest BCUT2D eigenvalue weighted by molar-refractivity contribution is 5.84. The number of amides is 1. The molecule has 114 valence electrons. The van der Waals surface area contributed by atoms with Gasteiger partial charge in [-0.1, -0.05) is 31.5 Å². The molecule has 2 aliphatic rings. The Kier molecular flexibility index (Phi) is 3.89. The lowest BCUT2D eigenvalue weighted by molar-refractivity contribution is -0.132. The third-order valence-corrected chi connectivity index (χ3v) is 4.92. The van der Waals surface area contributed by atoms with Crippen molar-refractivity contribution >= 4 is 5.91 Å². The third kappa shape index (κ3) is 2.42. The molecule has 1 heterocycles. The molecule has 4 heteroatoms. The monoisotopic (exact) mass is 288 g/mol. The van der Waals surface area contributed by atoms with Crippen molar-refractivity contribution in [2.45, 2.75) is 51.4 Å². The van der Waals surface area contributed by atoms with Crippen LogP contribution in [0.25, 0.3) is 0 Å². The number of hydrogen-bond donors (Lipinski definition) is 1. The average Bonchev–Trinajstić information content (AvgIpc) is 3.03. The van der Waals surface area contributed by atoms with E-state index in [1.54, 1.807) is 7.11 Å². The van der Waals surface area contributed by atoms with Crippen LogP contribution in [0.4, 0.5) is 0 Å². The largest absolute Gasteiger partial charge is 0.496 e. The van der Waals surface area contributed by atoms with Crippen molar-refractivity contribution in [3.63, 3.8) is 0 Å². The molecule has 0 bridgehead atoms. The summed E-state index contributed by atoms with van der Waals surface area (Å²) in [4.78, 5) is 14.7. The van der Waals surface area contributed by atoms with Crippen LogP contribution in [0.2, 0.25) is 0 Å². The molecule has 1 aromatic rings. The van der Waals surface area contributed by atoms with Gasteiger partial charge in [0.05, 0.1) is 13.2 Å². The minimum atomic E-state index is -0.132. The van der Waals surface area contributed by atoms with Crippen molar-refractivity contribution in [2.75, 3.05) is 7.11 Å². The molecule has 1 N–H and O–H groups in total. The number of carbonyl (C=O) groups excluding carboxylic acids is 1. The van der Waals surface area contributed by atoms with Gasteiger partial charge in [-0.2, -0.15) is 0 Å². The minimum absolute atomic E-state index is 0.0748. The van der Waals surface area contributed by atoms with E-state index in [0.717, 1.165) is 17.7 Å². The van der Waals surface area contributed by atoms with Gasteiger partial charge in [0.15, 0.2) is 0 Å². The Morgan fingerprint density at radius 3 is 2.67 bits per heavy atom. The van der Waals surface area contributed by atoms with Gasteiger partial charge in [0, 0.05) is 11.6 Å². The Bertz CT molecular complexity index is 531. The van der Waals surface area contributed by atoms with E-state index in [1.807, 2.05) is 25.1 Å². The summed E-state index contributed by atoms with van der Waals surface area (Å²) in [6, 6.07) is 8.18. The number of ether oxygens (including phenoxy) is 1. The van der Waals surface area contributed by atoms with Gasteiger partial charge >= 0.3 is 0 Å². The van der Waals surface area contributed by atoms with Crippen molar-refractivity contribution < 1.29 is 9.53 Å². The minimum Gasteiger partial charge on any atom is -0.496 e. The summed E-state index contributed by atoms with van der Waals surface area (Å²) in [7, 11) is 1.68. The number of rotatable bonds is 3. The Morgan fingerprint density at radius 2 is 2.00 bits per heavy atom. The Hall–Kier alpha value is -1.55. The zero-order chi connectivity index (χ0) is 15.0.